The largest absolute Gasteiger partial charge is 0 e. The predicted molar refractivity (Wildman–Crippen MR) is 106 cm³/mol. The van der Waals surface area contributed by atoms with Crippen LogP contribution in [0.1, 0.15) is 51.3 Å². The number of hydrogen-bond donors (Lipinski definition) is 0. The average molecular weight is 510 g/mol. The molecule has 0 radical (unpaired) electrons. The molecule has 2 aliphatic rings. The molecule has 1 saturated heterocycles. The van der Waals surface area contributed by atoms with E-state index in [1.807, 2.05) is 0 Å². The fraction of sp³-hybridized carbons (Fsp3) is 0.522. The zero-order valence-electron chi connectivity index (χ0n) is 17.5. The molecule has 0 amide bonds. The Labute approximate surface area is 196 Å². The van der Waals surface area contributed by atoms with E-state index in [9.17, 15) is 0 Å². The third kappa shape index (κ3) is 12.7. The first-order valence-electron chi connectivity index (χ1n) is 8.99. The summed E-state index contributed by atoms with van der Waals surface area (Å²) in [7, 11) is 0.293. The summed E-state index contributed by atoms with van der Waals surface area (Å²) in [6, 6.07) is 11.3. The van der Waals surface area contributed by atoms with Gasteiger partial charge in [0.1, 0.15) is 0 Å². The fourth-order valence-corrected chi connectivity index (χ4v) is 7.73. The van der Waals surface area contributed by atoms with Crippen molar-refractivity contribution in [1.29, 1.82) is 0 Å². The fourth-order valence-electron chi connectivity index (χ4n) is 4.02. The summed E-state index contributed by atoms with van der Waals surface area (Å²) < 4.78 is 37.5. The van der Waals surface area contributed by atoms with Crippen molar-refractivity contribution >= 4 is 7.92 Å². The van der Waals surface area contributed by atoms with Crippen molar-refractivity contribution in [1.82, 2.24) is 0 Å². The molecule has 1 heterocycles. The minimum absolute atomic E-state index is 0. The molecule has 0 N–H and O–H groups in total. The van der Waals surface area contributed by atoms with Crippen molar-refractivity contribution in [2.24, 2.45) is 17.8 Å². The molecule has 1 aliphatic heterocycles. The maximum atomic E-state index is 7.50. The van der Waals surface area contributed by atoms with Crippen LogP contribution in [0.4, 0.5) is 0 Å². The monoisotopic (exact) mass is 512 g/mol. The quantitative estimate of drug-likeness (QED) is 0.222. The second kappa shape index (κ2) is 24.3. The van der Waals surface area contributed by atoms with Gasteiger partial charge in [-0.3, -0.25) is 0 Å². The van der Waals surface area contributed by atoms with Crippen molar-refractivity contribution < 1.29 is 44.3 Å². The molecule has 160 valence electrons. The van der Waals surface area contributed by atoms with Crippen LogP contribution in [0.5, 0.6) is 0 Å². The summed E-state index contributed by atoms with van der Waals surface area (Å²) >= 11 is 0. The van der Waals surface area contributed by atoms with Crippen LogP contribution in [-0.2, 0) is 44.3 Å². The Balaban J connectivity index is -0.000000271. The number of rotatable bonds is 3. The van der Waals surface area contributed by atoms with Gasteiger partial charge in [0.05, 0.1) is 0 Å². The Hall–Kier alpha value is -0.962. The van der Waals surface area contributed by atoms with Crippen LogP contribution in [0.15, 0.2) is 30.3 Å². The molecule has 0 aromatic heterocycles. The first-order chi connectivity index (χ1) is 14.2. The van der Waals surface area contributed by atoms with Gasteiger partial charge in [-0.15, -0.1) is 0 Å². The topological polar surface area (TPSA) is 99.5 Å². The Kier molecular flexibility index (Phi) is 29.5. The maximum absolute atomic E-state index is 7.50. The molecule has 5 atom stereocenters. The van der Waals surface area contributed by atoms with E-state index in [0.29, 0.717) is 7.92 Å². The smallest absolute Gasteiger partial charge is 0 e. The van der Waals surface area contributed by atoms with Gasteiger partial charge in [-0.25, -0.2) is 0 Å². The third-order valence-corrected chi connectivity index (χ3v) is 8.29. The van der Waals surface area contributed by atoms with E-state index in [1.165, 1.54) is 25.4 Å². The van der Waals surface area contributed by atoms with Gasteiger partial charge in [0, 0.05) is 26.7 Å². The maximum Gasteiger partial charge on any atom is 0 e. The van der Waals surface area contributed by atoms with Gasteiger partial charge in [0.15, 0.2) is 0 Å². The molecule has 2 fully saturated rings. The first kappa shape index (κ1) is 36.4. The van der Waals surface area contributed by atoms with Gasteiger partial charge in [0.2, 0.25) is 0 Å². The van der Waals surface area contributed by atoms with E-state index < -0.39 is 0 Å². The van der Waals surface area contributed by atoms with Crippen molar-refractivity contribution in [3.8, 4) is 0 Å². The molecule has 7 heteroatoms. The summed E-state index contributed by atoms with van der Waals surface area (Å²) in [4.78, 5) is 0. The van der Waals surface area contributed by atoms with E-state index in [0.717, 1.165) is 29.1 Å². The molecule has 1 aliphatic carbocycles. The van der Waals surface area contributed by atoms with E-state index in [4.69, 9.17) is 23.3 Å². The Morgan fingerprint density at radius 1 is 0.833 bits per heavy atom. The standard InChI is InChI=1S/C18H27P.5CO.Mo/c1-13(2)16-10-9-14(3)11-17(16)19-12-18(19)15-7-5-4-6-8-15;5*1-2;/h4-8,13-14,16-18H,9-12H2,1-3H3;;;;;;/t14-,16+,17-,18-,19+;;;;;;/m1....../s1. The zero-order chi connectivity index (χ0) is 23.4. The molecule has 1 saturated carbocycles. The SMILES string of the molecule is CC(C)[C@@H]1CC[C@@H](C)C[C@H]1[P@]1C[C@@H]1c1ccccc1.[C-]#[O+].[C-]#[O+].[C-]#[O+].[C-]#[O+].[C-]#[O+].[Mo]. The molecule has 0 unspecified atom stereocenters. The summed E-state index contributed by atoms with van der Waals surface area (Å²) in [5.74, 6) is 2.87. The van der Waals surface area contributed by atoms with Crippen molar-refractivity contribution in [3.63, 3.8) is 0 Å². The minimum atomic E-state index is 0. The van der Waals surface area contributed by atoms with Crippen LogP contribution in [0.25, 0.3) is 0 Å². The van der Waals surface area contributed by atoms with Crippen LogP contribution in [-0.4, -0.2) is 11.8 Å². The van der Waals surface area contributed by atoms with Crippen LogP contribution < -0.4 is 0 Å². The average Bonchev–Trinajstić information content (AvgIpc) is 3.62. The van der Waals surface area contributed by atoms with Gasteiger partial charge in [-0.1, -0.05) is 65.4 Å². The predicted octanol–water partition coefficient (Wildman–Crippen LogP) is 5.49. The molecule has 1 aromatic carbocycles. The summed E-state index contributed by atoms with van der Waals surface area (Å²) in [5, 5.41) is 0. The van der Waals surface area contributed by atoms with Crippen molar-refractivity contribution in [2.75, 3.05) is 6.16 Å². The number of benzene rings is 1. The molecule has 5 nitrogen and oxygen atoms in total. The van der Waals surface area contributed by atoms with Crippen LogP contribution >= 0.6 is 7.92 Å². The molecular formula is C23H27MoO5P. The van der Waals surface area contributed by atoms with Crippen LogP contribution in [0.2, 0.25) is 0 Å². The van der Waals surface area contributed by atoms with E-state index in [2.05, 4.69) is 84.4 Å². The second-order valence-corrected chi connectivity index (χ2v) is 9.70. The van der Waals surface area contributed by atoms with E-state index in [1.54, 1.807) is 5.56 Å². The van der Waals surface area contributed by atoms with E-state index >= 15 is 0 Å². The third-order valence-electron chi connectivity index (χ3n) is 5.25. The zero-order valence-corrected chi connectivity index (χ0v) is 20.4. The Morgan fingerprint density at radius 3 is 1.73 bits per heavy atom. The van der Waals surface area contributed by atoms with Crippen molar-refractivity contribution in [3.05, 3.63) is 69.1 Å². The Bertz CT molecular complexity index is 589. The summed E-state index contributed by atoms with van der Waals surface area (Å²) in [5.41, 5.74) is 3.62. The van der Waals surface area contributed by atoms with Gasteiger partial charge in [-0.05, 0) is 48.0 Å². The molecule has 3 rings (SSSR count). The van der Waals surface area contributed by atoms with Crippen LogP contribution in [0.3, 0.4) is 0 Å². The molecule has 1 aromatic rings. The minimum Gasteiger partial charge on any atom is 0 e. The van der Waals surface area contributed by atoms with Crippen molar-refractivity contribution in [2.45, 2.75) is 51.4 Å². The summed E-state index contributed by atoms with van der Waals surface area (Å²) in [6.07, 6.45) is 5.99. The van der Waals surface area contributed by atoms with Crippen LogP contribution in [0, 0.1) is 51.0 Å². The normalized spacial score (nSPS) is 24.7. The molecular weight excluding hydrogens is 483 g/mol. The Morgan fingerprint density at radius 2 is 1.30 bits per heavy atom. The van der Waals surface area contributed by atoms with Gasteiger partial charge >= 0.3 is 56.5 Å². The summed E-state index contributed by atoms with van der Waals surface area (Å²) in [6.45, 7) is 29.9. The van der Waals surface area contributed by atoms with E-state index in [-0.39, 0.29) is 21.1 Å². The van der Waals surface area contributed by atoms with Gasteiger partial charge in [-0.2, -0.15) is 0 Å². The van der Waals surface area contributed by atoms with Gasteiger partial charge < -0.3 is 0 Å². The van der Waals surface area contributed by atoms with Gasteiger partial charge in [0.25, 0.3) is 0 Å². The molecule has 30 heavy (non-hydrogen) atoms. The first-order valence-corrected chi connectivity index (χ1v) is 10.7. The molecule has 0 bridgehead atoms. The molecule has 0 spiro atoms. The second-order valence-electron chi connectivity index (χ2n) is 7.02. The number of hydrogen-bond acceptors (Lipinski definition) is 0.